The van der Waals surface area contributed by atoms with Crippen molar-refractivity contribution < 1.29 is 14.3 Å². The van der Waals surface area contributed by atoms with Gasteiger partial charge in [-0.25, -0.2) is 4.39 Å². The maximum Gasteiger partial charge on any atom is 0.254 e. The molecule has 114 valence electrons. The molecule has 1 amide bonds. The number of hydrogen-bond donors (Lipinski definition) is 1. The van der Waals surface area contributed by atoms with Crippen LogP contribution in [0.15, 0.2) is 42.6 Å². The van der Waals surface area contributed by atoms with Gasteiger partial charge in [-0.15, -0.1) is 0 Å². The number of hydrogen-bond acceptors (Lipinski definition) is 3. The van der Waals surface area contributed by atoms with Crippen molar-refractivity contribution in [2.45, 2.75) is 18.9 Å². The molecular weight excluding hydrogens is 283 g/mol. The second kappa shape index (κ2) is 6.23. The third kappa shape index (κ3) is 2.72. The van der Waals surface area contributed by atoms with Gasteiger partial charge in [-0.1, -0.05) is 12.1 Å². The van der Waals surface area contributed by atoms with Crippen LogP contribution >= 0.6 is 0 Å². The molecule has 1 fully saturated rings. The normalized spacial score (nSPS) is 17.7. The third-order valence-corrected chi connectivity index (χ3v) is 3.99. The maximum atomic E-state index is 13.8. The van der Waals surface area contributed by atoms with Crippen LogP contribution in [-0.4, -0.2) is 40.1 Å². The molecule has 2 aromatic rings. The predicted molar refractivity (Wildman–Crippen MR) is 80.8 cm³/mol. The molecule has 1 N–H and O–H groups in total. The molecule has 4 nitrogen and oxygen atoms in total. The Bertz CT molecular complexity index is 690. The number of likely N-dealkylation sites (tertiary alicyclic amines) is 1. The molecule has 0 spiro atoms. The molecule has 0 radical (unpaired) electrons. The van der Waals surface area contributed by atoms with Crippen molar-refractivity contribution in [2.24, 2.45) is 0 Å². The van der Waals surface area contributed by atoms with Gasteiger partial charge >= 0.3 is 0 Å². The summed E-state index contributed by atoms with van der Waals surface area (Å²) in [6.07, 6.45) is 3.23. The highest BCUT2D eigenvalue weighted by Gasteiger charge is 2.28. The number of benzene rings is 1. The van der Waals surface area contributed by atoms with Gasteiger partial charge in [0.05, 0.1) is 12.6 Å². The second-order valence-electron chi connectivity index (χ2n) is 5.39. The third-order valence-electron chi connectivity index (χ3n) is 3.99. The molecule has 3 rings (SSSR count). The van der Waals surface area contributed by atoms with E-state index in [1.807, 2.05) is 0 Å². The number of aliphatic hydroxyl groups excluding tert-OH is 1. The molecular formula is C17H17FN2O2. The summed E-state index contributed by atoms with van der Waals surface area (Å²) in [5.41, 5.74) is 1.30. The van der Waals surface area contributed by atoms with Crippen molar-refractivity contribution in [3.05, 3.63) is 54.0 Å². The predicted octanol–water partition coefficient (Wildman–Crippen LogP) is 2.48. The van der Waals surface area contributed by atoms with E-state index in [9.17, 15) is 14.3 Å². The lowest BCUT2D eigenvalue weighted by Gasteiger charge is -2.23. The zero-order chi connectivity index (χ0) is 15.5. The first kappa shape index (κ1) is 14.7. The van der Waals surface area contributed by atoms with E-state index in [0.717, 1.165) is 12.8 Å². The van der Waals surface area contributed by atoms with E-state index in [2.05, 4.69) is 4.98 Å². The van der Waals surface area contributed by atoms with Gasteiger partial charge in [0.25, 0.3) is 5.91 Å². The summed E-state index contributed by atoms with van der Waals surface area (Å²) in [5.74, 6) is -0.545. The fourth-order valence-electron chi connectivity index (χ4n) is 2.86. The van der Waals surface area contributed by atoms with Crippen LogP contribution in [0.25, 0.3) is 11.3 Å². The maximum absolute atomic E-state index is 13.8. The van der Waals surface area contributed by atoms with E-state index in [4.69, 9.17) is 0 Å². The Morgan fingerprint density at radius 3 is 3.00 bits per heavy atom. The van der Waals surface area contributed by atoms with Gasteiger partial charge in [0.2, 0.25) is 0 Å². The number of aliphatic hydroxyl groups is 1. The lowest BCUT2D eigenvalue weighted by Crippen LogP contribution is -2.37. The number of rotatable bonds is 3. The zero-order valence-electron chi connectivity index (χ0n) is 12.1. The summed E-state index contributed by atoms with van der Waals surface area (Å²) >= 11 is 0. The van der Waals surface area contributed by atoms with Gasteiger partial charge in [0, 0.05) is 23.9 Å². The summed E-state index contributed by atoms with van der Waals surface area (Å²) in [6, 6.07) is 9.57. The van der Waals surface area contributed by atoms with Crippen molar-refractivity contribution >= 4 is 5.91 Å². The number of aromatic nitrogens is 1. The van der Waals surface area contributed by atoms with Gasteiger partial charge in [-0.2, -0.15) is 0 Å². The van der Waals surface area contributed by atoms with Crippen LogP contribution < -0.4 is 0 Å². The van der Waals surface area contributed by atoms with Gasteiger partial charge in [0.1, 0.15) is 11.5 Å². The van der Waals surface area contributed by atoms with E-state index in [-0.39, 0.29) is 24.2 Å². The Labute approximate surface area is 128 Å². The molecule has 1 aliphatic heterocycles. The Kier molecular flexibility index (Phi) is 4.15. The minimum absolute atomic E-state index is 0.0275. The quantitative estimate of drug-likeness (QED) is 0.947. The monoisotopic (exact) mass is 300 g/mol. The molecule has 0 aliphatic carbocycles. The van der Waals surface area contributed by atoms with Gasteiger partial charge in [0.15, 0.2) is 0 Å². The number of carbonyl (C=O) groups excluding carboxylic acids is 1. The summed E-state index contributed by atoms with van der Waals surface area (Å²) < 4.78 is 13.8. The van der Waals surface area contributed by atoms with Crippen molar-refractivity contribution in [3.8, 4) is 11.3 Å². The van der Waals surface area contributed by atoms with Crippen LogP contribution in [-0.2, 0) is 0 Å². The summed E-state index contributed by atoms with van der Waals surface area (Å²) in [7, 11) is 0. The van der Waals surface area contributed by atoms with Gasteiger partial charge in [-0.3, -0.25) is 9.78 Å². The van der Waals surface area contributed by atoms with Crippen LogP contribution in [0, 0.1) is 5.82 Å². The lowest BCUT2D eigenvalue weighted by atomic mass is 10.1. The molecule has 5 heteroatoms. The van der Waals surface area contributed by atoms with Gasteiger partial charge < -0.3 is 10.0 Å². The minimum atomic E-state index is -0.415. The second-order valence-corrected chi connectivity index (χ2v) is 5.39. The number of carbonyl (C=O) groups is 1. The molecule has 0 saturated carbocycles. The van der Waals surface area contributed by atoms with Crippen LogP contribution in [0.2, 0.25) is 0 Å². The van der Waals surface area contributed by atoms with Crippen molar-refractivity contribution in [1.82, 2.24) is 9.88 Å². The number of pyridine rings is 1. The molecule has 1 aromatic heterocycles. The highest BCUT2D eigenvalue weighted by atomic mass is 19.1. The standard InChI is InChI=1S/C17H17FN2O2/c18-15-7-2-8-19-16(15)12-4-1-5-13(10-12)17(22)20-9-3-6-14(20)11-21/h1-2,4-5,7-8,10,14,21H,3,6,9,11H2/t14-/m0/s1. The lowest BCUT2D eigenvalue weighted by molar-refractivity contribution is 0.0677. The highest BCUT2D eigenvalue weighted by Crippen LogP contribution is 2.24. The van der Waals surface area contributed by atoms with E-state index in [0.29, 0.717) is 17.7 Å². The molecule has 1 aliphatic rings. The van der Waals surface area contributed by atoms with Crippen LogP contribution in [0.1, 0.15) is 23.2 Å². The first-order valence-corrected chi connectivity index (χ1v) is 7.33. The number of amides is 1. The first-order valence-electron chi connectivity index (χ1n) is 7.33. The average Bonchev–Trinajstić information content (AvgIpc) is 3.03. The van der Waals surface area contributed by atoms with Crippen molar-refractivity contribution in [3.63, 3.8) is 0 Å². The topological polar surface area (TPSA) is 53.4 Å². The summed E-state index contributed by atoms with van der Waals surface area (Å²) in [4.78, 5) is 18.3. The fraction of sp³-hybridized carbons (Fsp3) is 0.294. The van der Waals surface area contributed by atoms with Crippen LogP contribution in [0.5, 0.6) is 0 Å². The molecule has 0 unspecified atom stereocenters. The van der Waals surface area contributed by atoms with Crippen molar-refractivity contribution in [1.29, 1.82) is 0 Å². The Balaban J connectivity index is 1.91. The van der Waals surface area contributed by atoms with Crippen LogP contribution in [0.4, 0.5) is 4.39 Å². The van der Waals surface area contributed by atoms with E-state index in [1.54, 1.807) is 29.2 Å². The SMILES string of the molecule is O=C(c1cccc(-c2ncccc2F)c1)N1CCC[C@H]1CO. The number of halogens is 1. The zero-order valence-corrected chi connectivity index (χ0v) is 12.1. The van der Waals surface area contributed by atoms with Crippen molar-refractivity contribution in [2.75, 3.05) is 13.2 Å². The smallest absolute Gasteiger partial charge is 0.254 e. The largest absolute Gasteiger partial charge is 0.394 e. The Morgan fingerprint density at radius 1 is 1.36 bits per heavy atom. The molecule has 1 atom stereocenters. The molecule has 0 bridgehead atoms. The summed E-state index contributed by atoms with van der Waals surface area (Å²) in [6.45, 7) is 0.618. The molecule has 22 heavy (non-hydrogen) atoms. The highest BCUT2D eigenvalue weighted by molar-refractivity contribution is 5.95. The Morgan fingerprint density at radius 2 is 2.23 bits per heavy atom. The fourth-order valence-corrected chi connectivity index (χ4v) is 2.86. The van der Waals surface area contributed by atoms with E-state index >= 15 is 0 Å². The van der Waals surface area contributed by atoms with Gasteiger partial charge in [-0.05, 0) is 37.1 Å². The average molecular weight is 300 g/mol. The van der Waals surface area contributed by atoms with Crippen LogP contribution in [0.3, 0.4) is 0 Å². The summed E-state index contributed by atoms with van der Waals surface area (Å²) in [5, 5.41) is 9.35. The first-order chi connectivity index (χ1) is 10.7. The number of nitrogens with zero attached hydrogens (tertiary/aromatic N) is 2. The Hall–Kier alpha value is -2.27. The molecule has 1 aromatic carbocycles. The van der Waals surface area contributed by atoms with E-state index in [1.165, 1.54) is 18.3 Å². The molecule has 2 heterocycles. The molecule has 1 saturated heterocycles. The minimum Gasteiger partial charge on any atom is -0.394 e. The van der Waals surface area contributed by atoms with E-state index < -0.39 is 5.82 Å².